The summed E-state index contributed by atoms with van der Waals surface area (Å²) in [6.45, 7) is 3.06. The third-order valence-electron chi connectivity index (χ3n) is 12.0. The molecule has 0 N–H and O–H groups in total. The van der Waals surface area contributed by atoms with E-state index in [0.29, 0.717) is 0 Å². The van der Waals surface area contributed by atoms with Crippen LogP contribution in [0.25, 0.3) is 11.3 Å². The summed E-state index contributed by atoms with van der Waals surface area (Å²) in [5, 5.41) is 0. The average molecular weight is 1120 g/mol. The van der Waals surface area contributed by atoms with Gasteiger partial charge in [-0.15, -0.1) is 0 Å². The van der Waals surface area contributed by atoms with Gasteiger partial charge in [-0.1, -0.05) is 97.1 Å². The van der Waals surface area contributed by atoms with Gasteiger partial charge in [-0.2, -0.15) is 132 Å². The Balaban J connectivity index is 0.000000397. The number of hydrogen-bond donors (Lipinski definition) is 0. The maximum atomic E-state index is 14.2. The number of nitrogens with zero attached hydrogens (tertiary/aromatic N) is 1. The van der Waals surface area contributed by atoms with Crippen molar-refractivity contribution < 1.29 is 110 Å². The standard InChI is InChI=1S/C32H12BF24.C19H18N/c34-25(35,36)13-1-14(26(37,38)39)6-21(5-13)33(22-7-15(27(40,41)42)2-16(8-22)28(43,44)45,23-9-17(29(46,47)48)3-18(10-23)30(49,50)51)24-11-19(31(52,53)54)4-20(12-24)32(55,56)57;1-16-9-5-6-12-18(16)19-13-7-8-14-20(19)15-17-10-3-2-4-11-17/h1-12H;2-14H,15H2,1H3/q-1;+1. The topological polar surface area (TPSA) is 3.88 Å². The fourth-order valence-corrected chi connectivity index (χ4v) is 8.57. The Labute approximate surface area is 418 Å². The molecule has 0 saturated carbocycles. The van der Waals surface area contributed by atoms with Gasteiger partial charge >= 0.3 is 49.4 Å². The lowest BCUT2D eigenvalue weighted by molar-refractivity contribution is -0.677. The van der Waals surface area contributed by atoms with Crippen LogP contribution in [0.5, 0.6) is 0 Å². The zero-order valence-electron chi connectivity index (χ0n) is 38.2. The molecule has 0 atom stereocenters. The van der Waals surface area contributed by atoms with Crippen molar-refractivity contribution in [1.29, 1.82) is 0 Å². The van der Waals surface area contributed by atoms with Gasteiger partial charge in [0.2, 0.25) is 5.69 Å². The van der Waals surface area contributed by atoms with E-state index in [1.165, 1.54) is 22.4 Å². The molecule has 0 aliphatic carbocycles. The van der Waals surface area contributed by atoms with Crippen LogP contribution in [-0.2, 0) is 56.0 Å². The lowest BCUT2D eigenvalue weighted by Crippen LogP contribution is -2.75. The molecule has 0 aliphatic rings. The molecule has 0 unspecified atom stereocenters. The molecule has 0 spiro atoms. The number of aryl methyl sites for hydroxylation is 1. The fraction of sp³-hybridized carbons (Fsp3) is 0.196. The van der Waals surface area contributed by atoms with E-state index in [1.807, 2.05) is 0 Å². The second-order valence-corrected chi connectivity index (χ2v) is 17.2. The number of rotatable bonds is 7. The maximum absolute atomic E-state index is 14.2. The molecule has 0 aliphatic heterocycles. The summed E-state index contributed by atoms with van der Waals surface area (Å²) in [5.74, 6) is 0. The van der Waals surface area contributed by atoms with Gasteiger partial charge in [0.25, 0.3) is 0 Å². The number of aromatic nitrogens is 1. The Bertz CT molecular complexity index is 2790. The van der Waals surface area contributed by atoms with Crippen molar-refractivity contribution >= 4 is 28.0 Å². The van der Waals surface area contributed by atoms with Gasteiger partial charge in [-0.05, 0) is 48.9 Å². The Morgan fingerprint density at radius 3 is 0.844 bits per heavy atom. The van der Waals surface area contributed by atoms with E-state index < -0.39 is 195 Å². The summed E-state index contributed by atoms with van der Waals surface area (Å²) in [5.41, 5.74) is -25.0. The Morgan fingerprint density at radius 2 is 0.571 bits per heavy atom. The summed E-state index contributed by atoms with van der Waals surface area (Å²) in [6.07, 6.45) is -52.7. The predicted octanol–water partition coefficient (Wildman–Crippen LogP) is 15.2. The van der Waals surface area contributed by atoms with Crippen LogP contribution in [0.15, 0.2) is 152 Å². The van der Waals surface area contributed by atoms with Gasteiger partial charge in [-0.3, -0.25) is 0 Å². The Morgan fingerprint density at radius 1 is 0.312 bits per heavy atom. The third kappa shape index (κ3) is 13.5. The molecule has 1 heterocycles. The SMILES string of the molecule is Cc1ccccc1-c1cccc[n+]1Cc1ccccc1.FC(F)(F)c1cc([B-](c2cc(C(F)(F)F)cc(C(F)(F)F)c2)(c2cc(C(F)(F)F)cc(C(F)(F)F)c2)c2cc(C(F)(F)F)cc(C(F)(F)F)c2)cc(C(F)(F)F)c1. The van der Waals surface area contributed by atoms with Crippen LogP contribution in [0, 0.1) is 6.92 Å². The van der Waals surface area contributed by atoms with Crippen molar-refractivity contribution in [3.63, 3.8) is 0 Å². The molecular weight excluding hydrogens is 1090 g/mol. The van der Waals surface area contributed by atoms with Crippen LogP contribution < -0.4 is 26.4 Å². The smallest absolute Gasteiger partial charge is 0.194 e. The van der Waals surface area contributed by atoms with Crippen LogP contribution in [0.2, 0.25) is 0 Å². The van der Waals surface area contributed by atoms with Crippen LogP contribution in [-0.4, -0.2) is 6.15 Å². The van der Waals surface area contributed by atoms with E-state index in [2.05, 4.69) is 90.5 Å². The number of hydrogen-bond acceptors (Lipinski definition) is 0. The molecule has 77 heavy (non-hydrogen) atoms. The summed E-state index contributed by atoms with van der Waals surface area (Å²) in [4.78, 5) is 0. The summed E-state index contributed by atoms with van der Waals surface area (Å²) >= 11 is 0. The highest BCUT2D eigenvalue weighted by atomic mass is 19.4. The first-order valence-electron chi connectivity index (χ1n) is 21.5. The van der Waals surface area contributed by atoms with Gasteiger partial charge in [-0.25, -0.2) is 0 Å². The van der Waals surface area contributed by atoms with Crippen molar-refractivity contribution in [1.82, 2.24) is 0 Å². The van der Waals surface area contributed by atoms with E-state index in [-0.39, 0.29) is 0 Å². The minimum absolute atomic E-state index is 0.691. The minimum Gasteiger partial charge on any atom is -0.194 e. The number of benzene rings is 6. The molecule has 1 nitrogen and oxygen atoms in total. The number of alkyl halides is 24. The predicted molar refractivity (Wildman–Crippen MR) is 232 cm³/mol. The van der Waals surface area contributed by atoms with Gasteiger partial charge in [0.1, 0.15) is 6.15 Å². The Hall–Kier alpha value is -7.15. The molecule has 26 heteroatoms. The van der Waals surface area contributed by atoms with Gasteiger partial charge in [0, 0.05) is 23.3 Å². The van der Waals surface area contributed by atoms with Crippen molar-refractivity contribution in [3.8, 4) is 11.3 Å². The molecule has 0 bridgehead atoms. The zero-order chi connectivity index (χ0) is 57.7. The first-order valence-corrected chi connectivity index (χ1v) is 21.5. The molecule has 0 radical (unpaired) electrons. The van der Waals surface area contributed by atoms with Crippen LogP contribution in [0.4, 0.5) is 105 Å². The molecule has 1 aromatic heterocycles. The van der Waals surface area contributed by atoms with Gasteiger partial charge in [0.05, 0.1) is 44.5 Å². The average Bonchev–Trinajstić information content (AvgIpc) is 3.30. The summed E-state index contributed by atoms with van der Waals surface area (Å²) in [6, 6.07) is 16.7. The first-order chi connectivity index (χ1) is 35.1. The highest BCUT2D eigenvalue weighted by molar-refractivity contribution is 7.20. The Kier molecular flexibility index (Phi) is 15.9. The second-order valence-electron chi connectivity index (χ2n) is 17.2. The molecule has 7 rings (SSSR count). The van der Waals surface area contributed by atoms with Crippen molar-refractivity contribution in [2.24, 2.45) is 0 Å². The largest absolute Gasteiger partial charge is 0.416 e. The monoisotopic (exact) mass is 1120 g/mol. The molecule has 7 aromatic rings. The van der Waals surface area contributed by atoms with Crippen LogP contribution >= 0.6 is 0 Å². The van der Waals surface area contributed by atoms with E-state index in [9.17, 15) is 105 Å². The molecule has 410 valence electrons. The normalized spacial score (nSPS) is 13.3. The zero-order valence-corrected chi connectivity index (χ0v) is 38.2. The molecule has 6 aromatic carbocycles. The number of pyridine rings is 1. The third-order valence-corrected chi connectivity index (χ3v) is 12.0. The first kappa shape index (κ1) is 59.1. The van der Waals surface area contributed by atoms with Crippen molar-refractivity contribution in [3.05, 3.63) is 207 Å². The minimum atomic E-state index is -6.13. The van der Waals surface area contributed by atoms with Crippen molar-refractivity contribution in [2.75, 3.05) is 0 Å². The van der Waals surface area contributed by atoms with Crippen LogP contribution in [0.1, 0.15) is 55.6 Å². The van der Waals surface area contributed by atoms with Gasteiger partial charge < -0.3 is 0 Å². The van der Waals surface area contributed by atoms with E-state index in [1.54, 1.807) is 0 Å². The van der Waals surface area contributed by atoms with E-state index in [4.69, 9.17) is 0 Å². The lowest BCUT2D eigenvalue weighted by atomic mass is 9.12. The molecular formula is C51H30BF24N. The van der Waals surface area contributed by atoms with Crippen molar-refractivity contribution in [2.45, 2.75) is 62.9 Å². The fourth-order valence-electron chi connectivity index (χ4n) is 8.57. The second kappa shape index (κ2) is 20.7. The molecule has 0 saturated heterocycles. The van der Waals surface area contributed by atoms with E-state index >= 15 is 0 Å². The highest BCUT2D eigenvalue weighted by Gasteiger charge is 2.47. The maximum Gasteiger partial charge on any atom is 0.416 e. The van der Waals surface area contributed by atoms with E-state index in [0.717, 1.165) is 6.54 Å². The number of halogens is 24. The lowest BCUT2D eigenvalue weighted by Gasteiger charge is -2.46. The highest BCUT2D eigenvalue weighted by Crippen LogP contribution is 2.41. The van der Waals surface area contributed by atoms with Crippen LogP contribution in [0.3, 0.4) is 0 Å². The summed E-state index contributed by atoms with van der Waals surface area (Å²) < 4.78 is 343. The summed E-state index contributed by atoms with van der Waals surface area (Å²) in [7, 11) is 0. The quantitative estimate of drug-likeness (QED) is 0.0851. The molecule has 0 fully saturated rings. The van der Waals surface area contributed by atoms with Gasteiger partial charge in [0.15, 0.2) is 12.7 Å². The molecule has 0 amide bonds.